The summed E-state index contributed by atoms with van der Waals surface area (Å²) in [6.45, 7) is 0.960. The molecule has 1 fully saturated rings. The first-order chi connectivity index (χ1) is 7.35. The lowest BCUT2D eigenvalue weighted by Crippen LogP contribution is -2.45. The van der Waals surface area contributed by atoms with Gasteiger partial charge in [-0.1, -0.05) is 12.8 Å². The number of rotatable bonds is 4. The van der Waals surface area contributed by atoms with Crippen molar-refractivity contribution in [3.05, 3.63) is 24.3 Å². The largest absolute Gasteiger partial charge is 0.394 e. The summed E-state index contributed by atoms with van der Waals surface area (Å²) in [4.78, 5) is 7.93. The third-order valence-corrected chi connectivity index (χ3v) is 3.14. The number of nitrogens with one attached hydrogen (secondary N) is 1. The van der Waals surface area contributed by atoms with E-state index in [4.69, 9.17) is 0 Å². The summed E-state index contributed by atoms with van der Waals surface area (Å²) in [5.41, 5.74) is 1.01. The standard InChI is InChI=1S/C11H17N3O/c15-8-11(3-1-2-4-11)14-7-10-5-12-9-13-6-10/h5-6,9,14-15H,1-4,7-8H2. The van der Waals surface area contributed by atoms with Crippen LogP contribution in [0.4, 0.5) is 0 Å². The second-order valence-electron chi connectivity index (χ2n) is 4.25. The zero-order valence-electron chi connectivity index (χ0n) is 8.82. The van der Waals surface area contributed by atoms with Gasteiger partial charge in [0, 0.05) is 30.0 Å². The maximum absolute atomic E-state index is 9.40. The van der Waals surface area contributed by atoms with Gasteiger partial charge >= 0.3 is 0 Å². The van der Waals surface area contributed by atoms with Crippen molar-refractivity contribution in [3.63, 3.8) is 0 Å². The van der Waals surface area contributed by atoms with E-state index in [1.807, 2.05) is 0 Å². The van der Waals surface area contributed by atoms with Gasteiger partial charge in [0.05, 0.1) is 6.61 Å². The van der Waals surface area contributed by atoms with Gasteiger partial charge in [-0.25, -0.2) is 9.97 Å². The number of hydrogen-bond donors (Lipinski definition) is 2. The van der Waals surface area contributed by atoms with E-state index in [-0.39, 0.29) is 12.1 Å². The second-order valence-corrected chi connectivity index (χ2v) is 4.25. The molecule has 0 bridgehead atoms. The second kappa shape index (κ2) is 4.68. The Morgan fingerprint density at radius 1 is 1.27 bits per heavy atom. The highest BCUT2D eigenvalue weighted by molar-refractivity contribution is 5.04. The average Bonchev–Trinajstić information content (AvgIpc) is 2.77. The predicted molar refractivity (Wildman–Crippen MR) is 57.2 cm³/mol. The fourth-order valence-corrected chi connectivity index (χ4v) is 2.15. The Labute approximate surface area is 89.8 Å². The fourth-order valence-electron chi connectivity index (χ4n) is 2.15. The molecule has 4 nitrogen and oxygen atoms in total. The van der Waals surface area contributed by atoms with Crippen LogP contribution in [0.15, 0.2) is 18.7 Å². The average molecular weight is 207 g/mol. The van der Waals surface area contributed by atoms with Gasteiger partial charge in [0.15, 0.2) is 0 Å². The van der Waals surface area contributed by atoms with E-state index in [1.54, 1.807) is 12.4 Å². The number of aliphatic hydroxyl groups is 1. The molecule has 0 amide bonds. The lowest BCUT2D eigenvalue weighted by molar-refractivity contribution is 0.163. The SMILES string of the molecule is OCC1(NCc2cncnc2)CCCC1. The van der Waals surface area contributed by atoms with Crippen LogP contribution in [-0.4, -0.2) is 27.2 Å². The predicted octanol–water partition coefficient (Wildman–Crippen LogP) is 0.871. The third-order valence-electron chi connectivity index (χ3n) is 3.14. The topological polar surface area (TPSA) is 58.0 Å². The van der Waals surface area contributed by atoms with Crippen molar-refractivity contribution in [1.29, 1.82) is 0 Å². The van der Waals surface area contributed by atoms with E-state index >= 15 is 0 Å². The number of aliphatic hydroxyl groups excluding tert-OH is 1. The molecule has 0 aromatic carbocycles. The number of aromatic nitrogens is 2. The molecule has 1 aliphatic rings. The van der Waals surface area contributed by atoms with Crippen molar-refractivity contribution >= 4 is 0 Å². The Hall–Kier alpha value is -1.00. The molecule has 0 saturated heterocycles. The van der Waals surface area contributed by atoms with Gasteiger partial charge in [-0.2, -0.15) is 0 Å². The Balaban J connectivity index is 1.92. The van der Waals surface area contributed by atoms with Crippen LogP contribution in [0.2, 0.25) is 0 Å². The maximum atomic E-state index is 9.40. The van der Waals surface area contributed by atoms with Crippen molar-refractivity contribution in [2.45, 2.75) is 37.8 Å². The van der Waals surface area contributed by atoms with Crippen LogP contribution in [0.1, 0.15) is 31.2 Å². The minimum Gasteiger partial charge on any atom is -0.394 e. The zero-order valence-corrected chi connectivity index (χ0v) is 8.82. The molecule has 1 heterocycles. The lowest BCUT2D eigenvalue weighted by Gasteiger charge is -2.28. The summed E-state index contributed by atoms with van der Waals surface area (Å²) in [6.07, 6.45) is 9.69. The fraction of sp³-hybridized carbons (Fsp3) is 0.636. The van der Waals surface area contributed by atoms with Crippen molar-refractivity contribution in [1.82, 2.24) is 15.3 Å². The van der Waals surface area contributed by atoms with Crippen LogP contribution in [0, 0.1) is 0 Å². The van der Waals surface area contributed by atoms with Gasteiger partial charge in [-0.15, -0.1) is 0 Å². The molecule has 0 atom stereocenters. The Kier molecular flexibility index (Phi) is 3.28. The molecule has 2 rings (SSSR count). The minimum absolute atomic E-state index is 0.0597. The molecular weight excluding hydrogens is 190 g/mol. The molecule has 1 saturated carbocycles. The highest BCUT2D eigenvalue weighted by Crippen LogP contribution is 2.29. The van der Waals surface area contributed by atoms with E-state index in [2.05, 4.69) is 15.3 Å². The van der Waals surface area contributed by atoms with Gasteiger partial charge in [-0.05, 0) is 12.8 Å². The Morgan fingerprint density at radius 2 is 1.93 bits per heavy atom. The van der Waals surface area contributed by atoms with Crippen LogP contribution in [0.3, 0.4) is 0 Å². The lowest BCUT2D eigenvalue weighted by atomic mass is 9.99. The summed E-state index contributed by atoms with van der Waals surface area (Å²) in [6, 6.07) is 0. The van der Waals surface area contributed by atoms with Gasteiger partial charge in [0.1, 0.15) is 6.33 Å². The van der Waals surface area contributed by atoms with Gasteiger partial charge < -0.3 is 10.4 Å². The van der Waals surface area contributed by atoms with Crippen molar-refractivity contribution in [3.8, 4) is 0 Å². The monoisotopic (exact) mass is 207 g/mol. The summed E-state index contributed by atoms with van der Waals surface area (Å²) in [5.74, 6) is 0. The maximum Gasteiger partial charge on any atom is 0.115 e. The van der Waals surface area contributed by atoms with Crippen molar-refractivity contribution in [2.24, 2.45) is 0 Å². The van der Waals surface area contributed by atoms with E-state index in [1.165, 1.54) is 19.2 Å². The molecule has 2 N–H and O–H groups in total. The third kappa shape index (κ3) is 2.52. The van der Waals surface area contributed by atoms with Gasteiger partial charge in [0.25, 0.3) is 0 Å². The van der Waals surface area contributed by atoms with Crippen LogP contribution in [0.5, 0.6) is 0 Å². The molecule has 0 spiro atoms. The molecular formula is C11H17N3O. The first-order valence-electron chi connectivity index (χ1n) is 5.44. The molecule has 0 aliphatic heterocycles. The van der Waals surface area contributed by atoms with E-state index in [0.29, 0.717) is 0 Å². The number of nitrogens with zero attached hydrogens (tertiary/aromatic N) is 2. The van der Waals surface area contributed by atoms with Gasteiger partial charge in [-0.3, -0.25) is 0 Å². The number of hydrogen-bond acceptors (Lipinski definition) is 4. The minimum atomic E-state index is -0.0597. The molecule has 0 unspecified atom stereocenters. The molecule has 1 aliphatic carbocycles. The molecule has 1 aromatic rings. The molecule has 0 radical (unpaired) electrons. The van der Waals surface area contributed by atoms with Crippen LogP contribution >= 0.6 is 0 Å². The van der Waals surface area contributed by atoms with Crippen molar-refractivity contribution in [2.75, 3.05) is 6.61 Å². The molecule has 15 heavy (non-hydrogen) atoms. The quantitative estimate of drug-likeness (QED) is 0.769. The summed E-state index contributed by atoms with van der Waals surface area (Å²) in [5, 5.41) is 12.8. The van der Waals surface area contributed by atoms with Crippen LogP contribution in [-0.2, 0) is 6.54 Å². The summed E-state index contributed by atoms with van der Waals surface area (Å²) < 4.78 is 0. The molecule has 1 aromatic heterocycles. The summed E-state index contributed by atoms with van der Waals surface area (Å²) >= 11 is 0. The highest BCUT2D eigenvalue weighted by atomic mass is 16.3. The summed E-state index contributed by atoms with van der Waals surface area (Å²) in [7, 11) is 0. The molecule has 4 heteroatoms. The Morgan fingerprint density at radius 3 is 2.53 bits per heavy atom. The van der Waals surface area contributed by atoms with Crippen LogP contribution < -0.4 is 5.32 Å². The smallest absolute Gasteiger partial charge is 0.115 e. The van der Waals surface area contributed by atoms with E-state index in [9.17, 15) is 5.11 Å². The zero-order chi connectivity index (χ0) is 10.6. The molecule has 82 valence electrons. The normalized spacial score (nSPS) is 19.3. The van der Waals surface area contributed by atoms with E-state index < -0.39 is 0 Å². The van der Waals surface area contributed by atoms with E-state index in [0.717, 1.165) is 24.9 Å². The van der Waals surface area contributed by atoms with Gasteiger partial charge in [0.2, 0.25) is 0 Å². The Bertz CT molecular complexity index is 296. The van der Waals surface area contributed by atoms with Crippen LogP contribution in [0.25, 0.3) is 0 Å². The first kappa shape index (κ1) is 10.5. The first-order valence-corrected chi connectivity index (χ1v) is 5.44. The highest BCUT2D eigenvalue weighted by Gasteiger charge is 2.32. The van der Waals surface area contributed by atoms with Crippen molar-refractivity contribution < 1.29 is 5.11 Å².